The quantitative estimate of drug-likeness (QED) is 0.551. The number of amides is 1. The Labute approximate surface area is 164 Å². The van der Waals surface area contributed by atoms with E-state index in [0.717, 1.165) is 0 Å². The second-order valence-electron chi connectivity index (χ2n) is 5.20. The molecule has 0 saturated heterocycles. The summed E-state index contributed by atoms with van der Waals surface area (Å²) in [4.78, 5) is 35.9. The van der Waals surface area contributed by atoms with Gasteiger partial charge in [-0.05, 0) is 52.3 Å². The number of halogens is 3. The van der Waals surface area contributed by atoms with Gasteiger partial charge in [0.2, 0.25) is 0 Å². The van der Waals surface area contributed by atoms with Crippen LogP contribution in [0.1, 0.15) is 20.7 Å². The molecule has 1 aromatic heterocycles. The van der Waals surface area contributed by atoms with Gasteiger partial charge in [0.25, 0.3) is 5.91 Å². The third-order valence-corrected chi connectivity index (χ3v) is 4.50. The summed E-state index contributed by atoms with van der Waals surface area (Å²) in [6, 6.07) is 8.36. The van der Waals surface area contributed by atoms with Crippen LogP contribution in [0.3, 0.4) is 0 Å². The van der Waals surface area contributed by atoms with Gasteiger partial charge in [-0.2, -0.15) is 0 Å². The summed E-state index contributed by atoms with van der Waals surface area (Å²) in [6.07, 6.45) is 0. The molecule has 2 N–H and O–H groups in total. The van der Waals surface area contributed by atoms with Gasteiger partial charge in [-0.15, -0.1) is 0 Å². The van der Waals surface area contributed by atoms with Crippen LogP contribution in [-0.2, 0) is 0 Å². The standard InChI is InChI=1S/C17H8BrCl2NO5/c18-12-6-9(20)3-7-4-11(17(25)26-14(7)12)15(22)21-13-2-1-8(19)5-10(13)16(23)24/h1-6H,(H,21,22)(H,23,24). The maximum absolute atomic E-state index is 12.5. The number of carbonyl (C=O) groups is 2. The van der Waals surface area contributed by atoms with E-state index < -0.39 is 17.5 Å². The topological polar surface area (TPSA) is 96.6 Å². The second-order valence-corrected chi connectivity index (χ2v) is 6.93. The van der Waals surface area contributed by atoms with Crippen LogP contribution in [0.15, 0.2) is 50.1 Å². The van der Waals surface area contributed by atoms with E-state index in [-0.39, 0.29) is 27.4 Å². The van der Waals surface area contributed by atoms with Gasteiger partial charge >= 0.3 is 11.6 Å². The fourth-order valence-corrected chi connectivity index (χ4v) is 3.39. The van der Waals surface area contributed by atoms with Gasteiger partial charge in [0.05, 0.1) is 15.7 Å². The summed E-state index contributed by atoms with van der Waals surface area (Å²) in [5.41, 5.74) is -1.13. The number of fused-ring (bicyclic) bond motifs is 1. The Morgan fingerprint density at radius 2 is 1.77 bits per heavy atom. The van der Waals surface area contributed by atoms with Crippen LogP contribution in [-0.4, -0.2) is 17.0 Å². The van der Waals surface area contributed by atoms with Crippen LogP contribution in [0.4, 0.5) is 5.69 Å². The normalized spacial score (nSPS) is 10.7. The molecule has 0 aliphatic rings. The predicted octanol–water partition coefficient (Wildman–Crippen LogP) is 4.81. The summed E-state index contributed by atoms with van der Waals surface area (Å²) >= 11 is 15.0. The number of aromatic carboxylic acids is 1. The first-order valence-electron chi connectivity index (χ1n) is 7.03. The third kappa shape index (κ3) is 3.60. The Hall–Kier alpha value is -2.35. The van der Waals surface area contributed by atoms with Gasteiger partial charge < -0.3 is 14.8 Å². The highest BCUT2D eigenvalue weighted by molar-refractivity contribution is 9.10. The molecule has 6 nitrogen and oxygen atoms in total. The molecule has 0 saturated carbocycles. The van der Waals surface area contributed by atoms with Gasteiger partial charge in [0.1, 0.15) is 5.56 Å². The molecule has 0 aliphatic heterocycles. The van der Waals surface area contributed by atoms with Crippen molar-refractivity contribution in [1.82, 2.24) is 0 Å². The lowest BCUT2D eigenvalue weighted by Crippen LogP contribution is -2.21. The number of hydrogen-bond donors (Lipinski definition) is 2. The molecule has 0 spiro atoms. The molecule has 0 bridgehead atoms. The molecule has 1 amide bonds. The number of carboxylic acid groups (broad SMARTS) is 1. The van der Waals surface area contributed by atoms with Gasteiger partial charge in [-0.3, -0.25) is 4.79 Å². The number of nitrogens with one attached hydrogen (secondary N) is 1. The van der Waals surface area contributed by atoms with E-state index >= 15 is 0 Å². The molecule has 2 aromatic carbocycles. The average molecular weight is 457 g/mol. The van der Waals surface area contributed by atoms with Crippen molar-refractivity contribution in [2.24, 2.45) is 0 Å². The van der Waals surface area contributed by atoms with Crippen molar-refractivity contribution in [3.63, 3.8) is 0 Å². The lowest BCUT2D eigenvalue weighted by molar-refractivity contribution is 0.0698. The van der Waals surface area contributed by atoms with E-state index in [1.54, 1.807) is 6.07 Å². The Morgan fingerprint density at radius 1 is 1.04 bits per heavy atom. The Morgan fingerprint density at radius 3 is 2.46 bits per heavy atom. The van der Waals surface area contributed by atoms with E-state index in [0.29, 0.717) is 14.9 Å². The minimum atomic E-state index is -1.27. The van der Waals surface area contributed by atoms with Crippen molar-refractivity contribution in [2.45, 2.75) is 0 Å². The Kier molecular flexibility index (Phi) is 5.04. The zero-order valence-corrected chi connectivity index (χ0v) is 15.8. The second kappa shape index (κ2) is 7.11. The number of carbonyl (C=O) groups excluding carboxylic acids is 1. The molecule has 132 valence electrons. The number of carboxylic acids is 1. The highest BCUT2D eigenvalue weighted by Gasteiger charge is 2.18. The predicted molar refractivity (Wildman–Crippen MR) is 102 cm³/mol. The number of rotatable bonds is 3. The van der Waals surface area contributed by atoms with Crippen LogP contribution in [0.2, 0.25) is 10.0 Å². The van der Waals surface area contributed by atoms with Gasteiger partial charge in [0.15, 0.2) is 5.58 Å². The summed E-state index contributed by atoms with van der Waals surface area (Å²) in [6.45, 7) is 0. The van der Waals surface area contributed by atoms with Crippen molar-refractivity contribution < 1.29 is 19.1 Å². The van der Waals surface area contributed by atoms with E-state index in [1.165, 1.54) is 30.3 Å². The summed E-state index contributed by atoms with van der Waals surface area (Å²) < 4.78 is 5.64. The first-order chi connectivity index (χ1) is 12.3. The third-order valence-electron chi connectivity index (χ3n) is 3.46. The summed E-state index contributed by atoms with van der Waals surface area (Å²) in [7, 11) is 0. The molecule has 0 radical (unpaired) electrons. The van der Waals surface area contributed by atoms with Crippen LogP contribution in [0, 0.1) is 0 Å². The van der Waals surface area contributed by atoms with Gasteiger partial charge in [-0.1, -0.05) is 23.2 Å². The fourth-order valence-electron chi connectivity index (χ4n) is 2.31. The minimum absolute atomic E-state index is 0.00123. The molecule has 0 aliphatic carbocycles. The largest absolute Gasteiger partial charge is 0.478 e. The van der Waals surface area contributed by atoms with E-state index in [2.05, 4.69) is 21.2 Å². The molecular formula is C17H8BrCl2NO5. The monoisotopic (exact) mass is 455 g/mol. The van der Waals surface area contributed by atoms with Gasteiger partial charge in [0, 0.05) is 15.4 Å². The molecular weight excluding hydrogens is 449 g/mol. The first-order valence-corrected chi connectivity index (χ1v) is 8.58. The molecule has 0 atom stereocenters. The van der Waals surface area contributed by atoms with Crippen LogP contribution >= 0.6 is 39.1 Å². The Balaban J connectivity index is 2.05. The minimum Gasteiger partial charge on any atom is -0.478 e. The SMILES string of the molecule is O=C(O)c1cc(Cl)ccc1NC(=O)c1cc2cc(Cl)cc(Br)c2oc1=O. The Bertz CT molecular complexity index is 1130. The zero-order valence-electron chi connectivity index (χ0n) is 12.7. The maximum Gasteiger partial charge on any atom is 0.349 e. The lowest BCUT2D eigenvalue weighted by atomic mass is 10.1. The van der Waals surface area contributed by atoms with Crippen molar-refractivity contribution in [1.29, 1.82) is 0 Å². The molecule has 1 heterocycles. The van der Waals surface area contributed by atoms with E-state index in [9.17, 15) is 19.5 Å². The average Bonchev–Trinajstić information content (AvgIpc) is 2.56. The van der Waals surface area contributed by atoms with Crippen LogP contribution in [0.5, 0.6) is 0 Å². The molecule has 0 fully saturated rings. The van der Waals surface area contributed by atoms with E-state index in [1.807, 2.05) is 0 Å². The highest BCUT2D eigenvalue weighted by Crippen LogP contribution is 2.28. The summed E-state index contributed by atoms with van der Waals surface area (Å²) in [5.74, 6) is -2.09. The van der Waals surface area contributed by atoms with Crippen molar-refractivity contribution in [3.8, 4) is 0 Å². The molecule has 26 heavy (non-hydrogen) atoms. The summed E-state index contributed by atoms with van der Waals surface area (Å²) in [5, 5.41) is 12.6. The maximum atomic E-state index is 12.5. The van der Waals surface area contributed by atoms with Crippen molar-refractivity contribution in [3.05, 3.63) is 72.5 Å². The van der Waals surface area contributed by atoms with Crippen LogP contribution in [0.25, 0.3) is 11.0 Å². The van der Waals surface area contributed by atoms with Crippen molar-refractivity contribution >= 4 is 67.7 Å². The molecule has 0 unspecified atom stereocenters. The highest BCUT2D eigenvalue weighted by atomic mass is 79.9. The first kappa shape index (κ1) is 18.4. The van der Waals surface area contributed by atoms with Gasteiger partial charge in [-0.25, -0.2) is 9.59 Å². The van der Waals surface area contributed by atoms with Crippen LogP contribution < -0.4 is 10.9 Å². The van der Waals surface area contributed by atoms with E-state index in [4.69, 9.17) is 27.6 Å². The molecule has 3 aromatic rings. The zero-order chi connectivity index (χ0) is 19.0. The fraction of sp³-hybridized carbons (Fsp3) is 0. The number of hydrogen-bond acceptors (Lipinski definition) is 4. The number of benzene rings is 2. The number of anilines is 1. The molecule has 3 rings (SSSR count). The van der Waals surface area contributed by atoms with Crippen molar-refractivity contribution in [2.75, 3.05) is 5.32 Å². The lowest BCUT2D eigenvalue weighted by Gasteiger charge is -2.09. The smallest absolute Gasteiger partial charge is 0.349 e. The molecule has 9 heteroatoms.